The standard InChI is InChI=1S/C18H15NO4/c1-22-16-5-3-2-4-12(16)6-8-15(20)13-7-9-17-14(10-13)19-18(21)11-23-17/h2-10H,11H2,1H3,(H,19,21)/b8-6+. The third-order valence-electron chi connectivity index (χ3n) is 3.45. The van der Waals surface area contributed by atoms with E-state index >= 15 is 0 Å². The van der Waals surface area contributed by atoms with E-state index in [9.17, 15) is 9.59 Å². The number of fused-ring (bicyclic) bond motifs is 1. The van der Waals surface area contributed by atoms with Crippen molar-refractivity contribution in [2.75, 3.05) is 19.0 Å². The number of rotatable bonds is 4. The normalized spacial score (nSPS) is 13.2. The average molecular weight is 309 g/mol. The van der Waals surface area contributed by atoms with Crippen LogP contribution in [0.3, 0.4) is 0 Å². The molecule has 0 aliphatic carbocycles. The number of carbonyl (C=O) groups excluding carboxylic acids is 2. The minimum absolute atomic E-state index is 0.00595. The number of hydrogen-bond acceptors (Lipinski definition) is 4. The molecule has 0 unspecified atom stereocenters. The molecule has 23 heavy (non-hydrogen) atoms. The maximum absolute atomic E-state index is 12.3. The van der Waals surface area contributed by atoms with Crippen molar-refractivity contribution in [1.29, 1.82) is 0 Å². The van der Waals surface area contributed by atoms with Crippen LogP contribution in [-0.4, -0.2) is 25.4 Å². The van der Waals surface area contributed by atoms with E-state index in [-0.39, 0.29) is 18.3 Å². The van der Waals surface area contributed by atoms with E-state index in [2.05, 4.69) is 5.32 Å². The Labute approximate surface area is 133 Å². The summed E-state index contributed by atoms with van der Waals surface area (Å²) >= 11 is 0. The van der Waals surface area contributed by atoms with Crippen LogP contribution in [0.15, 0.2) is 48.5 Å². The highest BCUT2D eigenvalue weighted by Gasteiger charge is 2.17. The van der Waals surface area contributed by atoms with Crippen molar-refractivity contribution in [2.45, 2.75) is 0 Å². The summed E-state index contributed by atoms with van der Waals surface area (Å²) in [6.07, 6.45) is 3.18. The molecule has 0 radical (unpaired) electrons. The lowest BCUT2D eigenvalue weighted by Gasteiger charge is -2.17. The third kappa shape index (κ3) is 3.23. The second kappa shape index (κ2) is 6.36. The minimum atomic E-state index is -0.230. The van der Waals surface area contributed by atoms with Crippen LogP contribution in [0.1, 0.15) is 15.9 Å². The quantitative estimate of drug-likeness (QED) is 0.696. The molecule has 2 aromatic rings. The Hall–Kier alpha value is -3.08. The lowest BCUT2D eigenvalue weighted by Crippen LogP contribution is -2.25. The van der Waals surface area contributed by atoms with Gasteiger partial charge in [0.15, 0.2) is 12.4 Å². The summed E-state index contributed by atoms with van der Waals surface area (Å²) in [6, 6.07) is 12.4. The van der Waals surface area contributed by atoms with Crippen molar-refractivity contribution in [3.05, 3.63) is 59.7 Å². The van der Waals surface area contributed by atoms with Crippen molar-refractivity contribution < 1.29 is 19.1 Å². The molecular formula is C18H15NO4. The fourth-order valence-corrected chi connectivity index (χ4v) is 2.30. The first-order valence-electron chi connectivity index (χ1n) is 7.09. The molecule has 0 bridgehead atoms. The number of hydrogen-bond donors (Lipinski definition) is 1. The molecule has 0 saturated heterocycles. The number of methoxy groups -OCH3 is 1. The molecule has 116 valence electrons. The van der Waals surface area contributed by atoms with Crippen LogP contribution in [0, 0.1) is 0 Å². The molecule has 1 heterocycles. The van der Waals surface area contributed by atoms with Crippen molar-refractivity contribution in [3.8, 4) is 11.5 Å². The zero-order chi connectivity index (χ0) is 16.2. The van der Waals surface area contributed by atoms with E-state index in [1.165, 1.54) is 6.08 Å². The fourth-order valence-electron chi connectivity index (χ4n) is 2.30. The molecule has 0 fully saturated rings. The number of allylic oxidation sites excluding steroid dienone is 1. The summed E-state index contributed by atoms with van der Waals surface area (Å²) in [4.78, 5) is 23.6. The molecule has 1 N–H and O–H groups in total. The molecule has 0 aromatic heterocycles. The van der Waals surface area contributed by atoms with Gasteiger partial charge in [0.2, 0.25) is 0 Å². The predicted octanol–water partition coefficient (Wildman–Crippen LogP) is 2.92. The second-order valence-electron chi connectivity index (χ2n) is 4.99. The van der Waals surface area contributed by atoms with Crippen LogP contribution in [0.25, 0.3) is 6.08 Å². The van der Waals surface area contributed by atoms with Crippen LogP contribution < -0.4 is 14.8 Å². The van der Waals surface area contributed by atoms with Crippen LogP contribution >= 0.6 is 0 Å². The van der Waals surface area contributed by atoms with Crippen LogP contribution in [0.2, 0.25) is 0 Å². The van der Waals surface area contributed by atoms with E-state index in [0.29, 0.717) is 22.7 Å². The lowest BCUT2D eigenvalue weighted by molar-refractivity contribution is -0.118. The van der Waals surface area contributed by atoms with Crippen molar-refractivity contribution in [2.24, 2.45) is 0 Å². The SMILES string of the molecule is COc1ccccc1/C=C/C(=O)c1ccc2c(c1)NC(=O)CO2. The van der Waals surface area contributed by atoms with Gasteiger partial charge in [-0.25, -0.2) is 0 Å². The largest absolute Gasteiger partial charge is 0.496 e. The van der Waals surface area contributed by atoms with Gasteiger partial charge >= 0.3 is 0 Å². The Kier molecular flexibility index (Phi) is 4.10. The molecule has 0 atom stereocenters. The van der Waals surface area contributed by atoms with Crippen LogP contribution in [-0.2, 0) is 4.79 Å². The molecule has 1 aliphatic heterocycles. The molecule has 1 amide bonds. The summed E-state index contributed by atoms with van der Waals surface area (Å²) in [5.41, 5.74) is 1.80. The molecule has 0 saturated carbocycles. The first-order chi connectivity index (χ1) is 11.2. The second-order valence-corrected chi connectivity index (χ2v) is 4.99. The summed E-state index contributed by atoms with van der Waals surface area (Å²) < 4.78 is 10.5. The van der Waals surface area contributed by atoms with Crippen LogP contribution in [0.5, 0.6) is 11.5 Å². The maximum atomic E-state index is 12.3. The number of benzene rings is 2. The van der Waals surface area contributed by atoms with Gasteiger partial charge in [-0.05, 0) is 36.4 Å². The van der Waals surface area contributed by atoms with Gasteiger partial charge in [-0.1, -0.05) is 18.2 Å². The molecule has 0 spiro atoms. The Balaban J connectivity index is 1.82. The average Bonchev–Trinajstić information content (AvgIpc) is 2.59. The van der Waals surface area contributed by atoms with Gasteiger partial charge in [-0.2, -0.15) is 0 Å². The Morgan fingerprint density at radius 2 is 2.09 bits per heavy atom. The highest BCUT2D eigenvalue weighted by Crippen LogP contribution is 2.28. The van der Waals surface area contributed by atoms with Gasteiger partial charge in [-0.15, -0.1) is 0 Å². The molecule has 3 rings (SSSR count). The first-order valence-corrected chi connectivity index (χ1v) is 7.09. The van der Waals surface area contributed by atoms with Crippen molar-refractivity contribution >= 4 is 23.5 Å². The highest BCUT2D eigenvalue weighted by atomic mass is 16.5. The van der Waals surface area contributed by atoms with Crippen molar-refractivity contribution in [3.63, 3.8) is 0 Å². The molecule has 2 aromatic carbocycles. The van der Waals surface area contributed by atoms with Crippen LogP contribution in [0.4, 0.5) is 5.69 Å². The Bertz CT molecular complexity index is 795. The number of ether oxygens (including phenoxy) is 2. The fraction of sp³-hybridized carbons (Fsp3) is 0.111. The number of nitrogens with one attached hydrogen (secondary N) is 1. The maximum Gasteiger partial charge on any atom is 0.262 e. The van der Waals surface area contributed by atoms with Gasteiger partial charge in [-0.3, -0.25) is 9.59 Å². The van der Waals surface area contributed by atoms with E-state index in [0.717, 1.165) is 5.56 Å². The van der Waals surface area contributed by atoms with Gasteiger partial charge < -0.3 is 14.8 Å². The van der Waals surface area contributed by atoms with E-state index in [1.54, 1.807) is 31.4 Å². The van der Waals surface area contributed by atoms with Gasteiger partial charge in [0, 0.05) is 11.1 Å². The minimum Gasteiger partial charge on any atom is -0.496 e. The summed E-state index contributed by atoms with van der Waals surface area (Å²) in [5.74, 6) is 0.864. The van der Waals surface area contributed by atoms with Gasteiger partial charge in [0.05, 0.1) is 12.8 Å². The monoisotopic (exact) mass is 309 g/mol. The van der Waals surface area contributed by atoms with Crippen molar-refractivity contribution in [1.82, 2.24) is 0 Å². The number of carbonyl (C=O) groups is 2. The third-order valence-corrected chi connectivity index (χ3v) is 3.45. The van der Waals surface area contributed by atoms with Gasteiger partial charge in [0.1, 0.15) is 11.5 Å². The van der Waals surface area contributed by atoms with E-state index in [4.69, 9.17) is 9.47 Å². The number of amides is 1. The molecule has 5 nitrogen and oxygen atoms in total. The highest BCUT2D eigenvalue weighted by molar-refractivity contribution is 6.08. The number of ketones is 1. The summed E-state index contributed by atoms with van der Waals surface area (Å²) in [6.45, 7) is -0.00595. The van der Waals surface area contributed by atoms with Gasteiger partial charge in [0.25, 0.3) is 5.91 Å². The molecule has 1 aliphatic rings. The number of anilines is 1. The summed E-state index contributed by atoms with van der Waals surface area (Å²) in [5, 5.41) is 2.69. The lowest BCUT2D eigenvalue weighted by atomic mass is 10.1. The zero-order valence-corrected chi connectivity index (χ0v) is 12.5. The molecule has 5 heteroatoms. The van der Waals surface area contributed by atoms with E-state index < -0.39 is 0 Å². The Morgan fingerprint density at radius 1 is 1.26 bits per heavy atom. The molecular weight excluding hydrogens is 294 g/mol. The summed E-state index contributed by atoms with van der Waals surface area (Å²) in [7, 11) is 1.58. The zero-order valence-electron chi connectivity index (χ0n) is 12.5. The topological polar surface area (TPSA) is 64.6 Å². The first kappa shape index (κ1) is 14.8. The predicted molar refractivity (Wildman–Crippen MR) is 86.9 cm³/mol. The Morgan fingerprint density at radius 3 is 2.91 bits per heavy atom. The number of para-hydroxylation sites is 1. The van der Waals surface area contributed by atoms with E-state index in [1.807, 2.05) is 24.3 Å². The smallest absolute Gasteiger partial charge is 0.262 e.